The Balaban J connectivity index is 2.52. The maximum Gasteiger partial charge on any atom is 0.327 e. The van der Waals surface area contributed by atoms with E-state index in [4.69, 9.17) is 0 Å². The highest BCUT2D eigenvalue weighted by Crippen LogP contribution is 2.35. The molecule has 0 aliphatic heterocycles. The number of carbonyl (C=O) groups is 2. The van der Waals surface area contributed by atoms with Crippen LogP contribution in [-0.4, -0.2) is 17.9 Å². The van der Waals surface area contributed by atoms with Crippen molar-refractivity contribution in [2.24, 2.45) is 0 Å². The van der Waals surface area contributed by atoms with Crippen LogP contribution in [0.1, 0.15) is 18.6 Å². The second kappa shape index (κ2) is 5.47. The number of hydrogen-bond acceptors (Lipinski definition) is 4. The number of esters is 1. The number of alkyl halides is 2. The van der Waals surface area contributed by atoms with Crippen LogP contribution in [0.25, 0.3) is 10.8 Å². The fourth-order valence-corrected chi connectivity index (χ4v) is 2.00. The number of fused-ring (bicyclic) bond motifs is 1. The fourth-order valence-electron chi connectivity index (χ4n) is 2.00. The molecule has 1 unspecified atom stereocenters. The monoisotopic (exact) mass is 293 g/mol. The zero-order valence-electron chi connectivity index (χ0n) is 11.0. The quantitative estimate of drug-likeness (QED) is 0.807. The molecule has 0 spiro atoms. The predicted octanol–water partition coefficient (Wildman–Crippen LogP) is 1.83. The summed E-state index contributed by atoms with van der Waals surface area (Å²) in [5.41, 5.74) is -0.113. The zero-order chi connectivity index (χ0) is 15.6. The van der Waals surface area contributed by atoms with E-state index in [0.29, 0.717) is 5.39 Å². The van der Waals surface area contributed by atoms with Crippen molar-refractivity contribution in [2.45, 2.75) is 19.0 Å². The predicted molar refractivity (Wildman–Crippen MR) is 68.4 cm³/mol. The van der Waals surface area contributed by atoms with Crippen LogP contribution in [0.3, 0.4) is 0 Å². The maximum atomic E-state index is 13.7. The first-order valence-electron chi connectivity index (χ1n) is 6.07. The molecule has 0 N–H and O–H groups in total. The smallest absolute Gasteiger partial charge is 0.327 e. The largest absolute Gasteiger partial charge is 0.544 e. The van der Waals surface area contributed by atoms with Crippen LogP contribution in [0.2, 0.25) is 0 Å². The summed E-state index contributed by atoms with van der Waals surface area (Å²) < 4.78 is 31.9. The minimum absolute atomic E-state index is 0.113. The summed E-state index contributed by atoms with van der Waals surface area (Å²) in [5, 5.41) is 12.0. The van der Waals surface area contributed by atoms with Crippen molar-refractivity contribution in [3.05, 3.63) is 48.0 Å². The minimum Gasteiger partial charge on any atom is -0.544 e. The lowest BCUT2D eigenvalue weighted by atomic mass is 9.99. The number of ether oxygens (including phenoxy) is 1. The van der Waals surface area contributed by atoms with Crippen molar-refractivity contribution in [3.8, 4) is 0 Å². The number of aliphatic carboxylic acids is 1. The van der Waals surface area contributed by atoms with Gasteiger partial charge in [0.05, 0.1) is 0 Å². The van der Waals surface area contributed by atoms with Gasteiger partial charge in [0, 0.05) is 6.92 Å². The van der Waals surface area contributed by atoms with E-state index in [2.05, 4.69) is 4.74 Å². The number of rotatable bonds is 4. The number of benzene rings is 2. The molecule has 4 nitrogen and oxygen atoms in total. The molecule has 2 aromatic rings. The number of carbonyl (C=O) groups excluding carboxylic acids is 2. The number of carboxylic acids is 1. The standard InChI is InChI=1S/C15H12F2O4/c1-9(18)21-13(15(16,17)14(19)20)12-7-6-10-4-2-3-5-11(10)8-12/h2-8,13H,1H3,(H,19,20)/p-1. The Kier molecular flexibility index (Phi) is 3.88. The van der Waals surface area contributed by atoms with Crippen LogP contribution in [0.15, 0.2) is 42.5 Å². The van der Waals surface area contributed by atoms with Crippen LogP contribution in [0, 0.1) is 0 Å². The van der Waals surface area contributed by atoms with Gasteiger partial charge in [0.25, 0.3) is 0 Å². The van der Waals surface area contributed by atoms with E-state index in [-0.39, 0.29) is 5.56 Å². The normalized spacial score (nSPS) is 12.9. The number of hydrogen-bond donors (Lipinski definition) is 0. The number of halogens is 2. The van der Waals surface area contributed by atoms with Crippen molar-refractivity contribution < 1.29 is 28.2 Å². The SMILES string of the molecule is CC(=O)OC(c1ccc2ccccc2c1)C(F)(F)C(=O)[O-]. The first-order valence-corrected chi connectivity index (χ1v) is 6.07. The summed E-state index contributed by atoms with van der Waals surface area (Å²) in [6.07, 6.45) is -2.23. The molecule has 0 saturated heterocycles. The molecular formula is C15H11F2O4-. The molecule has 0 aliphatic rings. The van der Waals surface area contributed by atoms with Gasteiger partial charge in [-0.25, -0.2) is 0 Å². The van der Waals surface area contributed by atoms with Gasteiger partial charge in [0.15, 0.2) is 6.10 Å². The summed E-state index contributed by atoms with van der Waals surface area (Å²) in [6, 6.07) is 11.2. The highest BCUT2D eigenvalue weighted by molar-refractivity contribution is 5.84. The molecule has 0 aliphatic carbocycles. The van der Waals surface area contributed by atoms with Crippen molar-refractivity contribution in [1.29, 1.82) is 0 Å². The third-order valence-electron chi connectivity index (χ3n) is 2.96. The second-order valence-corrected chi connectivity index (χ2v) is 4.51. The summed E-state index contributed by atoms with van der Waals surface area (Å²) in [6.45, 7) is 0.930. The average molecular weight is 293 g/mol. The Morgan fingerprint density at radius 3 is 2.33 bits per heavy atom. The Labute approximate surface area is 118 Å². The average Bonchev–Trinajstić information content (AvgIpc) is 2.43. The molecule has 0 saturated carbocycles. The third kappa shape index (κ3) is 2.99. The van der Waals surface area contributed by atoms with Crippen molar-refractivity contribution >= 4 is 22.7 Å². The molecule has 0 aromatic heterocycles. The molecule has 0 heterocycles. The van der Waals surface area contributed by atoms with Gasteiger partial charge >= 0.3 is 11.9 Å². The van der Waals surface area contributed by atoms with Gasteiger partial charge in [0.2, 0.25) is 0 Å². The van der Waals surface area contributed by atoms with Gasteiger partial charge in [-0.15, -0.1) is 0 Å². The van der Waals surface area contributed by atoms with Crippen LogP contribution in [-0.2, 0) is 14.3 Å². The van der Waals surface area contributed by atoms with E-state index < -0.39 is 24.0 Å². The Bertz CT molecular complexity index is 697. The van der Waals surface area contributed by atoms with E-state index in [1.165, 1.54) is 12.1 Å². The zero-order valence-corrected chi connectivity index (χ0v) is 11.0. The molecule has 0 fully saturated rings. The van der Waals surface area contributed by atoms with Crippen LogP contribution in [0.4, 0.5) is 8.78 Å². The molecule has 0 amide bonds. The lowest BCUT2D eigenvalue weighted by Gasteiger charge is -2.27. The van der Waals surface area contributed by atoms with Crippen molar-refractivity contribution in [2.75, 3.05) is 0 Å². The molecule has 6 heteroatoms. The van der Waals surface area contributed by atoms with E-state index in [1.807, 2.05) is 0 Å². The van der Waals surface area contributed by atoms with Gasteiger partial charge in [-0.05, 0) is 22.4 Å². The van der Waals surface area contributed by atoms with Crippen molar-refractivity contribution in [3.63, 3.8) is 0 Å². The van der Waals surface area contributed by atoms with Gasteiger partial charge in [0.1, 0.15) is 5.97 Å². The summed E-state index contributed by atoms with van der Waals surface area (Å²) in [4.78, 5) is 21.6. The molecule has 0 bridgehead atoms. The Hall–Kier alpha value is -2.50. The Morgan fingerprint density at radius 1 is 1.14 bits per heavy atom. The van der Waals surface area contributed by atoms with Gasteiger partial charge in [-0.3, -0.25) is 4.79 Å². The van der Waals surface area contributed by atoms with Crippen molar-refractivity contribution in [1.82, 2.24) is 0 Å². The lowest BCUT2D eigenvalue weighted by Crippen LogP contribution is -2.47. The molecule has 1 atom stereocenters. The first-order chi connectivity index (χ1) is 9.82. The lowest BCUT2D eigenvalue weighted by molar-refractivity contribution is -0.336. The molecule has 110 valence electrons. The van der Waals surface area contributed by atoms with E-state index in [9.17, 15) is 23.5 Å². The molecule has 2 rings (SSSR count). The third-order valence-corrected chi connectivity index (χ3v) is 2.96. The topological polar surface area (TPSA) is 66.4 Å². The van der Waals surface area contributed by atoms with E-state index in [1.54, 1.807) is 30.3 Å². The number of carboxylic acid groups (broad SMARTS) is 1. The molecule has 0 radical (unpaired) electrons. The van der Waals surface area contributed by atoms with Crippen LogP contribution in [0.5, 0.6) is 0 Å². The maximum absolute atomic E-state index is 13.7. The minimum atomic E-state index is -4.33. The molecule has 21 heavy (non-hydrogen) atoms. The fraction of sp³-hybridized carbons (Fsp3) is 0.200. The summed E-state index contributed by atoms with van der Waals surface area (Å²) in [7, 11) is 0. The summed E-state index contributed by atoms with van der Waals surface area (Å²) >= 11 is 0. The molecular weight excluding hydrogens is 282 g/mol. The summed E-state index contributed by atoms with van der Waals surface area (Å²) in [5.74, 6) is -7.93. The second-order valence-electron chi connectivity index (χ2n) is 4.51. The van der Waals surface area contributed by atoms with E-state index in [0.717, 1.165) is 12.3 Å². The van der Waals surface area contributed by atoms with Crippen LogP contribution < -0.4 is 5.11 Å². The van der Waals surface area contributed by atoms with E-state index >= 15 is 0 Å². The van der Waals surface area contributed by atoms with Crippen LogP contribution >= 0.6 is 0 Å². The molecule has 2 aromatic carbocycles. The van der Waals surface area contributed by atoms with Gasteiger partial charge < -0.3 is 14.6 Å². The van der Waals surface area contributed by atoms with Gasteiger partial charge in [-0.1, -0.05) is 36.4 Å². The van der Waals surface area contributed by atoms with Gasteiger partial charge in [-0.2, -0.15) is 8.78 Å². The first kappa shape index (κ1) is 14.9. The highest BCUT2D eigenvalue weighted by atomic mass is 19.3. The highest BCUT2D eigenvalue weighted by Gasteiger charge is 2.45. The Morgan fingerprint density at radius 2 is 1.76 bits per heavy atom.